The smallest absolute Gasteiger partial charge is 0.253 e. The minimum Gasteiger partial charge on any atom is -0.345 e. The van der Waals surface area contributed by atoms with Gasteiger partial charge in [0.15, 0.2) is 7.28 Å². The summed E-state index contributed by atoms with van der Waals surface area (Å²) in [5.74, 6) is -0.420. The molecule has 4 heteroatoms. The Hall–Kier alpha value is -1.32. The Morgan fingerprint density at radius 1 is 1.43 bits per heavy atom. The van der Waals surface area contributed by atoms with Gasteiger partial charge in [0.1, 0.15) is 5.82 Å². The first-order valence-corrected chi connectivity index (χ1v) is 4.37. The van der Waals surface area contributed by atoms with Crippen molar-refractivity contribution in [2.75, 3.05) is 14.1 Å². The van der Waals surface area contributed by atoms with E-state index in [0.717, 1.165) is 0 Å². The number of hydrogen-bond donors (Lipinski definition) is 0. The quantitative estimate of drug-likeness (QED) is 0.637. The normalized spacial score (nSPS) is 9.71. The molecule has 1 radical (unpaired) electrons. The van der Waals surface area contributed by atoms with Gasteiger partial charge in [0.05, 0.1) is 0 Å². The molecule has 0 heterocycles. The summed E-state index contributed by atoms with van der Waals surface area (Å²) < 4.78 is 13.1. The largest absolute Gasteiger partial charge is 0.345 e. The highest BCUT2D eigenvalue weighted by atomic mass is 19.1. The number of halogens is 1. The highest BCUT2D eigenvalue weighted by molar-refractivity contribution is 6.52. The zero-order chi connectivity index (χ0) is 10.7. The monoisotopic (exact) mass is 192 g/mol. The van der Waals surface area contributed by atoms with Gasteiger partial charge >= 0.3 is 0 Å². The number of carbonyl (C=O) groups excluding carboxylic acids is 1. The van der Waals surface area contributed by atoms with Gasteiger partial charge in [-0.3, -0.25) is 4.79 Å². The third-order valence-electron chi connectivity index (χ3n) is 1.96. The molecule has 1 amide bonds. The summed E-state index contributed by atoms with van der Waals surface area (Å²) in [5, 5.41) is 0. The lowest BCUT2D eigenvalue weighted by Gasteiger charge is -2.11. The Labute approximate surface area is 84.0 Å². The summed E-state index contributed by atoms with van der Waals surface area (Å²) in [4.78, 5) is 13.0. The van der Waals surface area contributed by atoms with Crippen LogP contribution in [0.15, 0.2) is 18.2 Å². The molecule has 0 atom stereocenters. The van der Waals surface area contributed by atoms with Crippen molar-refractivity contribution in [1.29, 1.82) is 0 Å². The highest BCUT2D eigenvalue weighted by Crippen LogP contribution is 2.03. The van der Waals surface area contributed by atoms with Crippen molar-refractivity contribution in [3.8, 4) is 0 Å². The van der Waals surface area contributed by atoms with Crippen LogP contribution in [0.5, 0.6) is 0 Å². The van der Waals surface area contributed by atoms with Crippen molar-refractivity contribution < 1.29 is 9.18 Å². The third kappa shape index (κ3) is 2.13. The highest BCUT2D eigenvalue weighted by Gasteiger charge is 2.10. The van der Waals surface area contributed by atoms with Gasteiger partial charge in [-0.05, 0) is 12.1 Å². The van der Waals surface area contributed by atoms with Crippen molar-refractivity contribution in [3.63, 3.8) is 0 Å². The summed E-state index contributed by atoms with van der Waals surface area (Å²) in [6.45, 7) is 1.74. The van der Waals surface area contributed by atoms with E-state index in [2.05, 4.69) is 0 Å². The molecular weight excluding hydrogens is 180 g/mol. The maximum absolute atomic E-state index is 13.1. The Balaban J connectivity index is 3.06. The van der Waals surface area contributed by atoms with Gasteiger partial charge in [0.2, 0.25) is 0 Å². The van der Waals surface area contributed by atoms with Gasteiger partial charge < -0.3 is 4.90 Å². The molecule has 0 fully saturated rings. The van der Waals surface area contributed by atoms with Crippen LogP contribution in [-0.4, -0.2) is 32.2 Å². The molecule has 0 saturated heterocycles. The van der Waals surface area contributed by atoms with E-state index in [9.17, 15) is 9.18 Å². The molecule has 0 spiro atoms. The van der Waals surface area contributed by atoms with Crippen LogP contribution in [0.3, 0.4) is 0 Å². The van der Waals surface area contributed by atoms with Gasteiger partial charge in [-0.15, -0.1) is 0 Å². The van der Waals surface area contributed by atoms with E-state index in [0.29, 0.717) is 11.0 Å². The number of benzene rings is 1. The molecular formula is C10H12BFNO. The van der Waals surface area contributed by atoms with Crippen LogP contribution in [0.1, 0.15) is 10.4 Å². The maximum atomic E-state index is 13.1. The van der Waals surface area contributed by atoms with E-state index in [4.69, 9.17) is 0 Å². The molecule has 73 valence electrons. The SMILES string of the molecule is C[B]c1cc(C(=O)N(C)C)ccc1F. The van der Waals surface area contributed by atoms with Gasteiger partial charge in [0.25, 0.3) is 5.91 Å². The molecule has 0 unspecified atom stereocenters. The fourth-order valence-electron chi connectivity index (χ4n) is 1.16. The van der Waals surface area contributed by atoms with E-state index in [-0.39, 0.29) is 11.7 Å². The van der Waals surface area contributed by atoms with E-state index >= 15 is 0 Å². The number of carbonyl (C=O) groups is 1. The number of amides is 1. The molecule has 1 rings (SSSR count). The molecule has 1 aromatic rings. The average Bonchev–Trinajstić information content (AvgIpc) is 2.17. The zero-order valence-corrected chi connectivity index (χ0v) is 8.54. The van der Waals surface area contributed by atoms with E-state index in [1.807, 2.05) is 0 Å². The van der Waals surface area contributed by atoms with Gasteiger partial charge in [-0.1, -0.05) is 18.4 Å². The molecule has 1 aromatic carbocycles. The molecule has 14 heavy (non-hydrogen) atoms. The number of hydrogen-bond acceptors (Lipinski definition) is 1. The first kappa shape index (κ1) is 10.8. The minimum atomic E-state index is -0.303. The Kier molecular flexibility index (Phi) is 3.28. The molecule has 0 saturated carbocycles. The summed E-state index contributed by atoms with van der Waals surface area (Å²) in [5.41, 5.74) is 0.960. The first-order valence-electron chi connectivity index (χ1n) is 4.37. The first-order chi connectivity index (χ1) is 6.56. The van der Waals surface area contributed by atoms with Gasteiger partial charge in [-0.2, -0.15) is 0 Å². The molecule has 0 N–H and O–H groups in total. The minimum absolute atomic E-state index is 0.117. The summed E-state index contributed by atoms with van der Waals surface area (Å²) in [7, 11) is 4.98. The van der Waals surface area contributed by atoms with E-state index in [1.54, 1.807) is 34.3 Å². The standard InChI is InChI=1S/C10H12BFNO/c1-11-8-6-7(4-5-9(8)12)10(14)13(2)3/h4-6H,1-3H3. The molecule has 0 aliphatic carbocycles. The van der Waals surface area contributed by atoms with Crippen LogP contribution in [0.4, 0.5) is 4.39 Å². The summed E-state index contributed by atoms with van der Waals surface area (Å²) in [6, 6.07) is 4.36. The lowest BCUT2D eigenvalue weighted by atomic mass is 9.72. The van der Waals surface area contributed by atoms with Crippen LogP contribution in [-0.2, 0) is 0 Å². The zero-order valence-electron chi connectivity index (χ0n) is 8.54. The maximum Gasteiger partial charge on any atom is 0.253 e. The van der Waals surface area contributed by atoms with Crippen LogP contribution < -0.4 is 5.46 Å². The van der Waals surface area contributed by atoms with Crippen LogP contribution >= 0.6 is 0 Å². The number of rotatable bonds is 2. The summed E-state index contributed by atoms with van der Waals surface area (Å²) in [6.07, 6.45) is 0. The topological polar surface area (TPSA) is 20.3 Å². The number of nitrogens with zero attached hydrogens (tertiary/aromatic N) is 1. The van der Waals surface area contributed by atoms with E-state index in [1.165, 1.54) is 17.0 Å². The van der Waals surface area contributed by atoms with Crippen molar-refractivity contribution in [3.05, 3.63) is 29.6 Å². The van der Waals surface area contributed by atoms with Crippen molar-refractivity contribution >= 4 is 18.6 Å². The van der Waals surface area contributed by atoms with Crippen LogP contribution in [0.25, 0.3) is 0 Å². The molecule has 0 aliphatic rings. The Morgan fingerprint density at radius 2 is 2.07 bits per heavy atom. The average molecular weight is 192 g/mol. The lowest BCUT2D eigenvalue weighted by Crippen LogP contribution is -2.24. The van der Waals surface area contributed by atoms with Crippen LogP contribution in [0.2, 0.25) is 6.82 Å². The second-order valence-corrected chi connectivity index (χ2v) is 3.22. The second-order valence-electron chi connectivity index (χ2n) is 3.22. The lowest BCUT2D eigenvalue weighted by molar-refractivity contribution is 0.0827. The predicted molar refractivity (Wildman–Crippen MR) is 55.7 cm³/mol. The van der Waals surface area contributed by atoms with Gasteiger partial charge in [0, 0.05) is 19.7 Å². The molecule has 0 aromatic heterocycles. The fourth-order valence-corrected chi connectivity index (χ4v) is 1.16. The van der Waals surface area contributed by atoms with E-state index < -0.39 is 0 Å². The Morgan fingerprint density at radius 3 is 2.57 bits per heavy atom. The Bertz CT molecular complexity index is 352. The van der Waals surface area contributed by atoms with Gasteiger partial charge in [-0.25, -0.2) is 4.39 Å². The molecule has 0 aliphatic heterocycles. The van der Waals surface area contributed by atoms with Crippen molar-refractivity contribution in [1.82, 2.24) is 4.90 Å². The van der Waals surface area contributed by atoms with Crippen molar-refractivity contribution in [2.45, 2.75) is 6.82 Å². The predicted octanol–water partition coefficient (Wildman–Crippen LogP) is 0.905. The molecule has 0 bridgehead atoms. The third-order valence-corrected chi connectivity index (χ3v) is 1.96. The summed E-state index contributed by atoms with van der Waals surface area (Å²) >= 11 is 0. The fraction of sp³-hybridized carbons (Fsp3) is 0.300. The molecule has 2 nitrogen and oxygen atoms in total. The van der Waals surface area contributed by atoms with Crippen LogP contribution in [0, 0.1) is 5.82 Å². The van der Waals surface area contributed by atoms with Crippen molar-refractivity contribution in [2.24, 2.45) is 0 Å². The second kappa shape index (κ2) is 4.27.